The van der Waals surface area contributed by atoms with Gasteiger partial charge in [0.1, 0.15) is 0 Å². The van der Waals surface area contributed by atoms with Crippen molar-refractivity contribution in [3.05, 3.63) is 0 Å². The smallest absolute Gasteiger partial charge is 0.0594 e. The van der Waals surface area contributed by atoms with Gasteiger partial charge in [0, 0.05) is 44.2 Å². The molecule has 138 valence electrons. The molecule has 0 radical (unpaired) electrons. The molecule has 2 heterocycles. The average Bonchev–Trinajstić information content (AvgIpc) is 3.13. The van der Waals surface area contributed by atoms with Crippen LogP contribution in [0.1, 0.15) is 46.0 Å². The molecule has 2 aliphatic carbocycles. The lowest BCUT2D eigenvalue weighted by atomic mass is 9.47. The minimum Gasteiger partial charge on any atom is -0.381 e. The molecular weight excluding hydrogens is 300 g/mol. The maximum absolute atomic E-state index is 5.72. The number of ether oxygens (including phenoxy) is 2. The van der Waals surface area contributed by atoms with Crippen LogP contribution in [0.15, 0.2) is 0 Å². The molecule has 0 unspecified atom stereocenters. The molecule has 0 aromatic rings. The SMILES string of the molecule is CC1(C)[C@H](NC[C@@H]([C@@H]2CCOC2)N2CCOCC2)[C@@H]2CCCC[C@@H]21. The van der Waals surface area contributed by atoms with E-state index in [0.717, 1.165) is 57.9 Å². The van der Waals surface area contributed by atoms with Crippen LogP contribution in [0.25, 0.3) is 0 Å². The normalized spacial score (nSPS) is 40.8. The summed E-state index contributed by atoms with van der Waals surface area (Å²) in [5, 5.41) is 4.04. The molecule has 0 aromatic heterocycles. The van der Waals surface area contributed by atoms with Crippen LogP contribution in [-0.4, -0.2) is 63.0 Å². The Bertz CT molecular complexity index is 416. The Morgan fingerprint density at radius 3 is 2.58 bits per heavy atom. The first-order valence-corrected chi connectivity index (χ1v) is 10.3. The maximum Gasteiger partial charge on any atom is 0.0594 e. The Morgan fingerprint density at radius 2 is 1.83 bits per heavy atom. The summed E-state index contributed by atoms with van der Waals surface area (Å²) in [6.07, 6.45) is 7.02. The van der Waals surface area contributed by atoms with Gasteiger partial charge in [-0.05, 0) is 36.5 Å². The molecule has 0 spiro atoms. The summed E-state index contributed by atoms with van der Waals surface area (Å²) >= 11 is 0. The molecule has 4 fully saturated rings. The van der Waals surface area contributed by atoms with Crippen LogP contribution in [-0.2, 0) is 9.47 Å². The molecule has 4 rings (SSSR count). The zero-order chi connectivity index (χ0) is 16.6. The zero-order valence-corrected chi connectivity index (χ0v) is 15.6. The molecule has 2 saturated heterocycles. The lowest BCUT2D eigenvalue weighted by Crippen LogP contribution is -2.66. The molecule has 0 amide bonds. The van der Waals surface area contributed by atoms with E-state index in [1.54, 1.807) is 0 Å². The molecule has 1 N–H and O–H groups in total. The van der Waals surface area contributed by atoms with Crippen molar-refractivity contribution >= 4 is 0 Å². The fraction of sp³-hybridized carbons (Fsp3) is 1.00. The first-order chi connectivity index (χ1) is 11.7. The van der Waals surface area contributed by atoms with Crippen molar-refractivity contribution in [3.8, 4) is 0 Å². The van der Waals surface area contributed by atoms with E-state index in [1.807, 2.05) is 0 Å². The summed E-state index contributed by atoms with van der Waals surface area (Å²) in [5.74, 6) is 2.58. The molecule has 2 saturated carbocycles. The highest BCUT2D eigenvalue weighted by Gasteiger charge is 2.56. The van der Waals surface area contributed by atoms with Crippen molar-refractivity contribution in [2.45, 2.75) is 58.0 Å². The Kier molecular flexibility index (Phi) is 5.19. The first-order valence-electron chi connectivity index (χ1n) is 10.3. The molecule has 4 aliphatic rings. The standard InChI is InChI=1S/C20H36N2O2/c1-20(2)17-6-4-3-5-16(17)19(20)21-13-18(15-7-10-24-14-15)22-8-11-23-12-9-22/h15-19,21H,3-14H2,1-2H3/t15-,16-,17+,18+,19-/m1/s1. The Morgan fingerprint density at radius 1 is 1.04 bits per heavy atom. The van der Waals surface area contributed by atoms with Crippen LogP contribution in [0.3, 0.4) is 0 Å². The van der Waals surface area contributed by atoms with Gasteiger partial charge >= 0.3 is 0 Å². The Balaban J connectivity index is 1.39. The Labute approximate surface area is 147 Å². The Hall–Kier alpha value is -0.160. The van der Waals surface area contributed by atoms with E-state index in [0.29, 0.717) is 23.4 Å². The van der Waals surface area contributed by atoms with Gasteiger partial charge in [0.05, 0.1) is 19.8 Å². The molecule has 5 atom stereocenters. The van der Waals surface area contributed by atoms with Crippen molar-refractivity contribution in [1.82, 2.24) is 10.2 Å². The van der Waals surface area contributed by atoms with Crippen LogP contribution in [0, 0.1) is 23.2 Å². The van der Waals surface area contributed by atoms with Gasteiger partial charge in [-0.2, -0.15) is 0 Å². The molecule has 4 nitrogen and oxygen atoms in total. The zero-order valence-electron chi connectivity index (χ0n) is 15.6. The van der Waals surface area contributed by atoms with Crippen molar-refractivity contribution < 1.29 is 9.47 Å². The van der Waals surface area contributed by atoms with E-state index >= 15 is 0 Å². The largest absolute Gasteiger partial charge is 0.381 e. The van der Waals surface area contributed by atoms with Gasteiger partial charge in [0.2, 0.25) is 0 Å². The number of hydrogen-bond acceptors (Lipinski definition) is 4. The van der Waals surface area contributed by atoms with Gasteiger partial charge in [-0.15, -0.1) is 0 Å². The van der Waals surface area contributed by atoms with E-state index in [4.69, 9.17) is 9.47 Å². The monoisotopic (exact) mass is 336 g/mol. The number of fused-ring (bicyclic) bond motifs is 1. The lowest BCUT2D eigenvalue weighted by molar-refractivity contribution is -0.0915. The van der Waals surface area contributed by atoms with Crippen LogP contribution in [0.4, 0.5) is 0 Å². The summed E-state index contributed by atoms with van der Waals surface area (Å²) < 4.78 is 11.3. The highest BCUT2D eigenvalue weighted by Crippen LogP contribution is 2.57. The molecular formula is C20H36N2O2. The topological polar surface area (TPSA) is 33.7 Å². The second-order valence-corrected chi connectivity index (χ2v) is 9.10. The van der Waals surface area contributed by atoms with Gasteiger partial charge in [0.15, 0.2) is 0 Å². The third-order valence-corrected chi connectivity index (χ3v) is 7.58. The molecule has 2 aliphatic heterocycles. The van der Waals surface area contributed by atoms with Crippen LogP contribution in [0.2, 0.25) is 0 Å². The minimum atomic E-state index is 0.479. The summed E-state index contributed by atoms with van der Waals surface area (Å²) in [7, 11) is 0. The summed E-state index contributed by atoms with van der Waals surface area (Å²) in [6.45, 7) is 12.0. The predicted molar refractivity (Wildman–Crippen MR) is 96.1 cm³/mol. The van der Waals surface area contributed by atoms with Gasteiger partial charge < -0.3 is 14.8 Å². The van der Waals surface area contributed by atoms with Crippen molar-refractivity contribution in [2.75, 3.05) is 46.1 Å². The van der Waals surface area contributed by atoms with Gasteiger partial charge in [-0.1, -0.05) is 26.7 Å². The number of hydrogen-bond donors (Lipinski definition) is 1. The van der Waals surface area contributed by atoms with Crippen LogP contribution < -0.4 is 5.32 Å². The van der Waals surface area contributed by atoms with Crippen LogP contribution in [0.5, 0.6) is 0 Å². The predicted octanol–water partition coefficient (Wildman–Crippen LogP) is 2.53. The van der Waals surface area contributed by atoms with Gasteiger partial charge in [-0.25, -0.2) is 0 Å². The number of nitrogens with one attached hydrogen (secondary N) is 1. The molecule has 24 heavy (non-hydrogen) atoms. The molecule has 0 aromatic carbocycles. The number of nitrogens with zero attached hydrogens (tertiary/aromatic N) is 1. The first kappa shape index (κ1) is 17.3. The summed E-state index contributed by atoms with van der Waals surface area (Å²) in [4.78, 5) is 2.67. The van der Waals surface area contributed by atoms with Crippen molar-refractivity contribution in [3.63, 3.8) is 0 Å². The summed E-state index contributed by atoms with van der Waals surface area (Å²) in [5.41, 5.74) is 0.479. The number of morpholine rings is 1. The number of rotatable bonds is 5. The lowest BCUT2D eigenvalue weighted by Gasteiger charge is -2.61. The third-order valence-electron chi connectivity index (χ3n) is 7.58. The van der Waals surface area contributed by atoms with Gasteiger partial charge in [0.25, 0.3) is 0 Å². The second-order valence-electron chi connectivity index (χ2n) is 9.10. The van der Waals surface area contributed by atoms with Crippen molar-refractivity contribution in [2.24, 2.45) is 23.2 Å². The summed E-state index contributed by atoms with van der Waals surface area (Å²) in [6, 6.07) is 1.34. The average molecular weight is 337 g/mol. The quantitative estimate of drug-likeness (QED) is 0.836. The van der Waals surface area contributed by atoms with E-state index in [-0.39, 0.29) is 0 Å². The minimum absolute atomic E-state index is 0.479. The fourth-order valence-corrected chi connectivity index (χ4v) is 6.17. The second kappa shape index (κ2) is 7.22. The third kappa shape index (κ3) is 3.15. The van der Waals surface area contributed by atoms with Crippen LogP contribution >= 0.6 is 0 Å². The van der Waals surface area contributed by atoms with Gasteiger partial charge in [-0.3, -0.25) is 4.90 Å². The van der Waals surface area contributed by atoms with E-state index in [2.05, 4.69) is 24.1 Å². The fourth-order valence-electron chi connectivity index (χ4n) is 6.17. The molecule has 0 bridgehead atoms. The van der Waals surface area contributed by atoms with Crippen molar-refractivity contribution in [1.29, 1.82) is 0 Å². The maximum atomic E-state index is 5.72. The highest BCUT2D eigenvalue weighted by molar-refractivity contribution is 5.09. The molecule has 4 heteroatoms. The highest BCUT2D eigenvalue weighted by atomic mass is 16.5. The van der Waals surface area contributed by atoms with E-state index in [1.165, 1.54) is 32.1 Å². The van der Waals surface area contributed by atoms with E-state index < -0.39 is 0 Å². The van der Waals surface area contributed by atoms with E-state index in [9.17, 15) is 0 Å².